The lowest BCUT2D eigenvalue weighted by atomic mass is 9.97. The van der Waals surface area contributed by atoms with Crippen molar-refractivity contribution in [3.05, 3.63) is 47.7 Å². The molecular formula is C22H22F2N4O6. The second-order valence-electron chi connectivity index (χ2n) is 7.77. The summed E-state index contributed by atoms with van der Waals surface area (Å²) in [5, 5.41) is 6.64. The number of anilines is 2. The largest absolute Gasteiger partial charge is 0.456 e. The van der Waals surface area contributed by atoms with Crippen LogP contribution in [0.4, 0.5) is 25.1 Å². The number of esters is 1. The summed E-state index contributed by atoms with van der Waals surface area (Å²) in [6.07, 6.45) is 1.92. The zero-order valence-electron chi connectivity index (χ0n) is 18.3. The molecule has 1 aromatic carbocycles. The third-order valence-corrected chi connectivity index (χ3v) is 5.44. The van der Waals surface area contributed by atoms with Crippen LogP contribution in [0, 0.1) is 11.6 Å². The number of amides is 2. The van der Waals surface area contributed by atoms with Gasteiger partial charge in [-0.05, 0) is 24.1 Å². The fourth-order valence-corrected chi connectivity index (χ4v) is 3.76. The summed E-state index contributed by atoms with van der Waals surface area (Å²) >= 11 is 0. The normalized spacial score (nSPS) is 17.9. The molecule has 2 aliphatic rings. The van der Waals surface area contributed by atoms with Crippen molar-refractivity contribution >= 4 is 35.0 Å². The van der Waals surface area contributed by atoms with Crippen molar-refractivity contribution < 1.29 is 37.2 Å². The zero-order chi connectivity index (χ0) is 24.2. The van der Waals surface area contributed by atoms with Gasteiger partial charge in [0, 0.05) is 31.6 Å². The molecule has 1 aromatic heterocycles. The molecule has 0 radical (unpaired) electrons. The lowest BCUT2D eigenvalue weighted by molar-refractivity contribution is -0.150. The van der Waals surface area contributed by atoms with Crippen molar-refractivity contribution in [1.82, 2.24) is 10.1 Å². The number of benzene rings is 1. The van der Waals surface area contributed by atoms with E-state index in [9.17, 15) is 23.2 Å². The molecule has 0 bridgehead atoms. The van der Waals surface area contributed by atoms with Gasteiger partial charge in [0.25, 0.3) is 5.91 Å². The fraction of sp³-hybridized carbons (Fsp3) is 0.364. The van der Waals surface area contributed by atoms with Crippen molar-refractivity contribution in [2.75, 3.05) is 43.0 Å². The Balaban J connectivity index is 1.41. The highest BCUT2D eigenvalue weighted by atomic mass is 19.1. The molecule has 1 N–H and O–H groups in total. The SMILES string of the molecule is CC(=O)OCC(=O)N1CC=C(c2c(F)cc(N3C[C@H](CNc4ccon4)OC3=O)cc2F)CC1. The number of cyclic esters (lactones) is 1. The highest BCUT2D eigenvalue weighted by molar-refractivity contribution is 5.90. The zero-order valence-corrected chi connectivity index (χ0v) is 18.3. The summed E-state index contributed by atoms with van der Waals surface area (Å²) in [5.74, 6) is -2.12. The van der Waals surface area contributed by atoms with Crippen LogP contribution in [0.15, 0.2) is 35.1 Å². The maximum atomic E-state index is 14.9. The number of hydrogen-bond acceptors (Lipinski definition) is 8. The Hall–Kier alpha value is -3.96. The second-order valence-corrected chi connectivity index (χ2v) is 7.77. The first-order chi connectivity index (χ1) is 16.3. The first kappa shape index (κ1) is 23.2. The number of carbonyl (C=O) groups is 3. The summed E-state index contributed by atoms with van der Waals surface area (Å²) < 4.78 is 44.6. The summed E-state index contributed by atoms with van der Waals surface area (Å²) in [7, 11) is 0. The average molecular weight is 476 g/mol. The van der Waals surface area contributed by atoms with Crippen LogP contribution in [0.2, 0.25) is 0 Å². The average Bonchev–Trinajstić information content (AvgIpc) is 3.45. The van der Waals surface area contributed by atoms with Gasteiger partial charge in [0.2, 0.25) is 0 Å². The van der Waals surface area contributed by atoms with Gasteiger partial charge in [-0.15, -0.1) is 0 Å². The third-order valence-electron chi connectivity index (χ3n) is 5.44. The van der Waals surface area contributed by atoms with Gasteiger partial charge in [-0.1, -0.05) is 11.2 Å². The van der Waals surface area contributed by atoms with Crippen LogP contribution in [-0.4, -0.2) is 66.9 Å². The Morgan fingerprint density at radius 3 is 2.68 bits per heavy atom. The Morgan fingerprint density at radius 2 is 2.06 bits per heavy atom. The van der Waals surface area contributed by atoms with Crippen molar-refractivity contribution in [3.63, 3.8) is 0 Å². The number of aromatic nitrogens is 1. The van der Waals surface area contributed by atoms with Gasteiger partial charge >= 0.3 is 12.1 Å². The second kappa shape index (κ2) is 9.89. The molecule has 2 aliphatic heterocycles. The van der Waals surface area contributed by atoms with Gasteiger partial charge in [-0.2, -0.15) is 0 Å². The van der Waals surface area contributed by atoms with Crippen LogP contribution in [-0.2, 0) is 19.1 Å². The summed E-state index contributed by atoms with van der Waals surface area (Å²) in [5.41, 5.74) is 0.256. The van der Waals surface area contributed by atoms with Gasteiger partial charge in [-0.3, -0.25) is 14.5 Å². The van der Waals surface area contributed by atoms with E-state index in [1.165, 1.54) is 18.1 Å². The molecule has 2 amide bonds. The highest BCUT2D eigenvalue weighted by Crippen LogP contribution is 2.32. The molecule has 12 heteroatoms. The maximum absolute atomic E-state index is 14.9. The van der Waals surface area contributed by atoms with E-state index in [1.807, 2.05) is 0 Å². The first-order valence-corrected chi connectivity index (χ1v) is 10.5. The van der Waals surface area contributed by atoms with E-state index in [2.05, 4.69) is 10.5 Å². The number of nitrogens with one attached hydrogen (secondary N) is 1. The molecule has 0 saturated carbocycles. The monoisotopic (exact) mass is 476 g/mol. The number of ether oxygens (including phenoxy) is 2. The minimum atomic E-state index is -0.821. The number of hydrogen-bond donors (Lipinski definition) is 1. The minimum absolute atomic E-state index is 0.0438. The van der Waals surface area contributed by atoms with Crippen LogP contribution < -0.4 is 10.2 Å². The number of carbonyl (C=O) groups excluding carboxylic acids is 3. The topological polar surface area (TPSA) is 114 Å². The molecule has 4 rings (SSSR count). The molecular weight excluding hydrogens is 454 g/mol. The Kier molecular flexibility index (Phi) is 6.75. The molecule has 180 valence electrons. The van der Waals surface area contributed by atoms with E-state index in [0.29, 0.717) is 11.4 Å². The lowest BCUT2D eigenvalue weighted by Crippen LogP contribution is -2.37. The summed E-state index contributed by atoms with van der Waals surface area (Å²) in [4.78, 5) is 37.8. The fourth-order valence-electron chi connectivity index (χ4n) is 3.76. The van der Waals surface area contributed by atoms with Crippen molar-refractivity contribution in [2.45, 2.75) is 19.4 Å². The van der Waals surface area contributed by atoms with E-state index in [1.54, 1.807) is 12.1 Å². The predicted octanol–water partition coefficient (Wildman–Crippen LogP) is 2.57. The molecule has 3 heterocycles. The molecule has 0 aliphatic carbocycles. The molecule has 1 atom stereocenters. The van der Waals surface area contributed by atoms with Crippen LogP contribution in [0.3, 0.4) is 0 Å². The van der Waals surface area contributed by atoms with Crippen LogP contribution >= 0.6 is 0 Å². The first-order valence-electron chi connectivity index (χ1n) is 10.5. The Morgan fingerprint density at radius 1 is 1.29 bits per heavy atom. The summed E-state index contributed by atoms with van der Waals surface area (Å²) in [6.45, 7) is 1.53. The molecule has 1 fully saturated rings. The molecule has 0 spiro atoms. The standard InChI is InChI=1S/C22H22F2N4O6/c1-13(29)32-12-20(30)27-5-2-14(3-6-27)21-17(23)8-15(9-18(21)24)28-11-16(34-22(28)31)10-25-19-4-7-33-26-19/h2,4,7-9,16H,3,5-6,10-12H2,1H3,(H,25,26)/t16-/m0/s1. The third kappa shape index (κ3) is 5.16. The van der Waals surface area contributed by atoms with Gasteiger partial charge in [0.05, 0.1) is 18.8 Å². The number of nitrogens with zero attached hydrogens (tertiary/aromatic N) is 3. The quantitative estimate of drug-likeness (QED) is 0.607. The number of rotatable bonds is 7. The van der Waals surface area contributed by atoms with Crippen LogP contribution in [0.1, 0.15) is 18.9 Å². The van der Waals surface area contributed by atoms with E-state index in [4.69, 9.17) is 14.0 Å². The van der Waals surface area contributed by atoms with Gasteiger partial charge in [0.1, 0.15) is 24.0 Å². The highest BCUT2D eigenvalue weighted by Gasteiger charge is 2.33. The van der Waals surface area contributed by atoms with Gasteiger partial charge in [0.15, 0.2) is 12.4 Å². The smallest absolute Gasteiger partial charge is 0.414 e. The van der Waals surface area contributed by atoms with Gasteiger partial charge in [-0.25, -0.2) is 13.6 Å². The maximum Gasteiger partial charge on any atom is 0.414 e. The van der Waals surface area contributed by atoms with Gasteiger partial charge < -0.3 is 24.2 Å². The van der Waals surface area contributed by atoms with Crippen LogP contribution in [0.25, 0.3) is 5.57 Å². The minimum Gasteiger partial charge on any atom is -0.456 e. The molecule has 2 aromatic rings. The molecule has 1 saturated heterocycles. The van der Waals surface area contributed by atoms with Crippen molar-refractivity contribution in [1.29, 1.82) is 0 Å². The van der Waals surface area contributed by atoms with Crippen molar-refractivity contribution in [2.24, 2.45) is 0 Å². The molecule has 34 heavy (non-hydrogen) atoms. The molecule has 0 unspecified atom stereocenters. The van der Waals surface area contributed by atoms with Crippen molar-refractivity contribution in [3.8, 4) is 0 Å². The van der Waals surface area contributed by atoms with E-state index >= 15 is 0 Å². The Bertz CT molecular complexity index is 1100. The summed E-state index contributed by atoms with van der Waals surface area (Å²) in [6, 6.07) is 3.78. The number of halogens is 2. The predicted molar refractivity (Wildman–Crippen MR) is 115 cm³/mol. The van der Waals surface area contributed by atoms with Crippen LogP contribution in [0.5, 0.6) is 0 Å². The van der Waals surface area contributed by atoms with E-state index < -0.39 is 29.8 Å². The lowest BCUT2D eigenvalue weighted by Gasteiger charge is -2.27. The Labute approximate surface area is 193 Å². The van der Waals surface area contributed by atoms with E-state index in [-0.39, 0.29) is 56.4 Å². The molecule has 10 nitrogen and oxygen atoms in total. The van der Waals surface area contributed by atoms with E-state index in [0.717, 1.165) is 17.0 Å².